The SMILES string of the molecule is CC.CC.CCCC(CC)CCCC1(C)C(C(C)c2ccccc2)CCC2C3CCCCC3(C)CC21. The Balaban J connectivity index is 0.00000109. The van der Waals surface area contributed by atoms with E-state index in [1.165, 1.54) is 83.5 Å². The zero-order chi connectivity index (χ0) is 26.8. The van der Waals surface area contributed by atoms with Gasteiger partial charge in [-0.1, -0.05) is 138 Å². The van der Waals surface area contributed by atoms with E-state index in [0.29, 0.717) is 16.7 Å². The van der Waals surface area contributed by atoms with Crippen LogP contribution in [0.5, 0.6) is 0 Å². The largest absolute Gasteiger partial charge is 0.0683 e. The third-order valence-corrected chi connectivity index (χ3v) is 11.2. The average Bonchev–Trinajstić information content (AvgIpc) is 3.24. The van der Waals surface area contributed by atoms with Gasteiger partial charge in [0.2, 0.25) is 0 Å². The fraction of sp³-hybridized carbons (Fsp3) is 0.833. The molecule has 0 spiro atoms. The molecule has 208 valence electrons. The van der Waals surface area contributed by atoms with Gasteiger partial charge >= 0.3 is 0 Å². The first-order chi connectivity index (χ1) is 17.4. The van der Waals surface area contributed by atoms with E-state index in [9.17, 15) is 0 Å². The molecule has 0 heteroatoms. The summed E-state index contributed by atoms with van der Waals surface area (Å²) in [6, 6.07) is 11.5. The number of rotatable bonds is 9. The molecular weight excluding hydrogens is 432 g/mol. The van der Waals surface area contributed by atoms with Crippen LogP contribution in [0.4, 0.5) is 0 Å². The maximum atomic E-state index is 2.77. The van der Waals surface area contributed by atoms with Gasteiger partial charge in [0.1, 0.15) is 0 Å². The molecule has 3 saturated carbocycles. The number of benzene rings is 1. The molecule has 3 fully saturated rings. The molecule has 0 heterocycles. The lowest BCUT2D eigenvalue weighted by atomic mass is 9.52. The van der Waals surface area contributed by atoms with Gasteiger partial charge in [0.25, 0.3) is 0 Å². The highest BCUT2D eigenvalue weighted by molar-refractivity contribution is 5.22. The number of fused-ring (bicyclic) bond motifs is 3. The van der Waals surface area contributed by atoms with E-state index < -0.39 is 0 Å². The molecule has 0 nitrogen and oxygen atoms in total. The van der Waals surface area contributed by atoms with Crippen molar-refractivity contribution in [3.63, 3.8) is 0 Å². The van der Waals surface area contributed by atoms with Crippen LogP contribution in [0.15, 0.2) is 30.3 Å². The molecule has 0 saturated heterocycles. The molecule has 36 heavy (non-hydrogen) atoms. The Morgan fingerprint density at radius 1 is 0.861 bits per heavy atom. The van der Waals surface area contributed by atoms with Crippen molar-refractivity contribution in [2.75, 3.05) is 0 Å². The van der Waals surface area contributed by atoms with Crippen molar-refractivity contribution < 1.29 is 0 Å². The van der Waals surface area contributed by atoms with Gasteiger partial charge in [-0.15, -0.1) is 0 Å². The van der Waals surface area contributed by atoms with Gasteiger partial charge in [-0.3, -0.25) is 0 Å². The molecule has 0 bridgehead atoms. The monoisotopic (exact) mass is 497 g/mol. The van der Waals surface area contributed by atoms with Crippen LogP contribution in [0.25, 0.3) is 0 Å². The van der Waals surface area contributed by atoms with E-state index >= 15 is 0 Å². The van der Waals surface area contributed by atoms with E-state index in [1.807, 2.05) is 27.7 Å². The Morgan fingerprint density at radius 2 is 1.56 bits per heavy atom. The Morgan fingerprint density at radius 3 is 2.19 bits per heavy atom. The quantitative estimate of drug-likeness (QED) is 0.319. The standard InChI is InChI=1S/C32H52.2C2H6/c1-6-14-25(7-2)15-13-22-32(5)28(24(3)26-16-9-8-10-17-26)20-19-27-29-18-11-12-21-31(29,4)23-30(27)32;2*1-2/h8-10,16-17,24-25,27-30H,6-7,11-15,18-23H2,1-5H3;2*1-2H3. The molecule has 1 aromatic carbocycles. The van der Waals surface area contributed by atoms with Crippen LogP contribution in [0.1, 0.15) is 157 Å². The van der Waals surface area contributed by atoms with E-state index in [0.717, 1.165) is 29.6 Å². The second-order valence-electron chi connectivity index (χ2n) is 12.8. The highest BCUT2D eigenvalue weighted by Gasteiger charge is 2.59. The van der Waals surface area contributed by atoms with Crippen molar-refractivity contribution >= 4 is 0 Å². The second kappa shape index (κ2) is 15.0. The van der Waals surface area contributed by atoms with Crippen LogP contribution >= 0.6 is 0 Å². The molecule has 3 aliphatic carbocycles. The molecule has 0 aliphatic heterocycles. The van der Waals surface area contributed by atoms with Crippen LogP contribution in [-0.4, -0.2) is 0 Å². The van der Waals surface area contributed by atoms with E-state index in [2.05, 4.69) is 65.0 Å². The first kappa shape index (κ1) is 31.4. The zero-order valence-corrected chi connectivity index (χ0v) is 26.0. The predicted molar refractivity (Wildman–Crippen MR) is 163 cm³/mol. The minimum atomic E-state index is 0.517. The van der Waals surface area contributed by atoms with Crippen molar-refractivity contribution in [2.45, 2.75) is 152 Å². The van der Waals surface area contributed by atoms with Crippen LogP contribution in [0.3, 0.4) is 0 Å². The Bertz CT molecular complexity index is 706. The van der Waals surface area contributed by atoms with Crippen LogP contribution < -0.4 is 0 Å². The first-order valence-corrected chi connectivity index (χ1v) is 16.5. The summed E-state index contributed by atoms with van der Waals surface area (Å²) in [6.07, 6.45) is 19.1. The Hall–Kier alpha value is -0.780. The van der Waals surface area contributed by atoms with Crippen molar-refractivity contribution in [1.82, 2.24) is 0 Å². The molecule has 0 amide bonds. The molecule has 0 N–H and O–H groups in total. The van der Waals surface area contributed by atoms with E-state index in [1.54, 1.807) is 5.56 Å². The van der Waals surface area contributed by atoms with Crippen molar-refractivity contribution in [1.29, 1.82) is 0 Å². The molecule has 8 atom stereocenters. The second-order valence-corrected chi connectivity index (χ2v) is 12.8. The van der Waals surface area contributed by atoms with E-state index in [4.69, 9.17) is 0 Å². The van der Waals surface area contributed by atoms with Crippen molar-refractivity contribution in [3.8, 4) is 0 Å². The number of hydrogen-bond acceptors (Lipinski definition) is 0. The summed E-state index contributed by atoms with van der Waals surface area (Å²) in [5.74, 6) is 5.50. The van der Waals surface area contributed by atoms with Gasteiger partial charge in [0.05, 0.1) is 0 Å². The normalized spacial score (nSPS) is 34.7. The third kappa shape index (κ3) is 6.80. The lowest BCUT2D eigenvalue weighted by Crippen LogP contribution is -2.44. The van der Waals surface area contributed by atoms with Crippen LogP contribution in [0, 0.1) is 40.4 Å². The summed E-state index contributed by atoms with van der Waals surface area (Å²) in [7, 11) is 0. The minimum Gasteiger partial charge on any atom is -0.0683 e. The Kier molecular flexibility index (Phi) is 13.1. The summed E-state index contributed by atoms with van der Waals surface area (Å²) in [6.45, 7) is 20.8. The minimum absolute atomic E-state index is 0.517. The van der Waals surface area contributed by atoms with E-state index in [-0.39, 0.29) is 0 Å². The summed E-state index contributed by atoms with van der Waals surface area (Å²) >= 11 is 0. The fourth-order valence-electron chi connectivity index (χ4n) is 9.36. The molecule has 4 rings (SSSR count). The molecule has 1 aromatic rings. The predicted octanol–water partition coefficient (Wildman–Crippen LogP) is 12.1. The van der Waals surface area contributed by atoms with Crippen molar-refractivity contribution in [2.24, 2.45) is 40.4 Å². The maximum Gasteiger partial charge on any atom is -0.0157 e. The molecule has 0 aromatic heterocycles. The van der Waals surface area contributed by atoms with Crippen molar-refractivity contribution in [3.05, 3.63) is 35.9 Å². The summed E-state index contributed by atoms with van der Waals surface area (Å²) in [4.78, 5) is 0. The van der Waals surface area contributed by atoms with Gasteiger partial charge in [-0.25, -0.2) is 0 Å². The van der Waals surface area contributed by atoms with Gasteiger partial charge < -0.3 is 0 Å². The molecule has 3 aliphatic rings. The smallest absolute Gasteiger partial charge is 0.0157 e. The van der Waals surface area contributed by atoms with Crippen LogP contribution in [0.2, 0.25) is 0 Å². The fourth-order valence-corrected chi connectivity index (χ4v) is 9.36. The van der Waals surface area contributed by atoms with Gasteiger partial charge in [-0.05, 0) is 90.4 Å². The topological polar surface area (TPSA) is 0 Å². The average molecular weight is 497 g/mol. The first-order valence-electron chi connectivity index (χ1n) is 16.5. The lowest BCUT2D eigenvalue weighted by Gasteiger charge is -2.53. The lowest BCUT2D eigenvalue weighted by molar-refractivity contribution is -0.0203. The zero-order valence-electron chi connectivity index (χ0n) is 26.0. The van der Waals surface area contributed by atoms with Gasteiger partial charge in [-0.2, -0.15) is 0 Å². The number of hydrogen-bond donors (Lipinski definition) is 0. The summed E-state index contributed by atoms with van der Waals surface area (Å²) in [5, 5.41) is 0. The highest BCUT2D eigenvalue weighted by atomic mass is 14.6. The van der Waals surface area contributed by atoms with Crippen LogP contribution in [-0.2, 0) is 0 Å². The van der Waals surface area contributed by atoms with Gasteiger partial charge in [0.15, 0.2) is 0 Å². The Labute approximate surface area is 227 Å². The highest BCUT2D eigenvalue weighted by Crippen LogP contribution is 2.68. The third-order valence-electron chi connectivity index (χ3n) is 11.2. The summed E-state index contributed by atoms with van der Waals surface area (Å²) < 4.78 is 0. The molecular formula is C36H64. The molecule has 8 unspecified atom stereocenters. The summed E-state index contributed by atoms with van der Waals surface area (Å²) in [5.41, 5.74) is 2.75. The maximum absolute atomic E-state index is 2.77. The molecule has 0 radical (unpaired) electrons. The van der Waals surface area contributed by atoms with Gasteiger partial charge in [0, 0.05) is 0 Å².